The van der Waals surface area contributed by atoms with Crippen LogP contribution in [0.2, 0.25) is 0 Å². The lowest BCUT2D eigenvalue weighted by atomic mass is 10.00. The summed E-state index contributed by atoms with van der Waals surface area (Å²) in [5, 5.41) is 7.74. The molecule has 3 amide bonds. The van der Waals surface area contributed by atoms with E-state index >= 15 is 0 Å². The van der Waals surface area contributed by atoms with Crippen LogP contribution in [0.5, 0.6) is 0 Å². The molecule has 33 heavy (non-hydrogen) atoms. The van der Waals surface area contributed by atoms with Gasteiger partial charge in [-0.3, -0.25) is 14.4 Å². The van der Waals surface area contributed by atoms with Crippen molar-refractivity contribution in [2.24, 2.45) is 11.8 Å². The van der Waals surface area contributed by atoms with E-state index < -0.39 is 41.6 Å². The minimum atomic E-state index is -0.909. The predicted octanol–water partition coefficient (Wildman–Crippen LogP) is 2.54. The van der Waals surface area contributed by atoms with E-state index in [-0.39, 0.29) is 25.0 Å². The largest absolute Gasteiger partial charge is 0.459 e. The zero-order chi connectivity index (χ0) is 25.2. The number of ether oxygens (including phenoxy) is 2. The third-order valence-electron chi connectivity index (χ3n) is 4.51. The second-order valence-electron chi connectivity index (χ2n) is 9.46. The lowest BCUT2D eigenvalue weighted by molar-refractivity contribution is -0.154. The molecule has 0 bridgehead atoms. The van der Waals surface area contributed by atoms with Crippen molar-refractivity contribution in [1.82, 2.24) is 16.0 Å². The normalized spacial score (nSPS) is 13.1. The van der Waals surface area contributed by atoms with Crippen LogP contribution in [0, 0.1) is 11.8 Å². The highest BCUT2D eigenvalue weighted by Crippen LogP contribution is 2.09. The topological polar surface area (TPSA) is 123 Å². The van der Waals surface area contributed by atoms with Crippen molar-refractivity contribution in [2.75, 3.05) is 6.54 Å². The average molecular weight is 464 g/mol. The Morgan fingerprint density at radius 3 is 1.91 bits per heavy atom. The molecule has 0 radical (unpaired) electrons. The van der Waals surface area contributed by atoms with Crippen molar-refractivity contribution in [1.29, 1.82) is 0 Å². The van der Waals surface area contributed by atoms with E-state index in [0.29, 0.717) is 0 Å². The Labute approximate surface area is 196 Å². The van der Waals surface area contributed by atoms with Crippen LogP contribution in [-0.2, 0) is 30.5 Å². The van der Waals surface area contributed by atoms with Crippen LogP contribution in [0.25, 0.3) is 0 Å². The smallest absolute Gasteiger partial charge is 0.408 e. The third kappa shape index (κ3) is 10.9. The Hall–Kier alpha value is -3.10. The molecule has 0 saturated carbocycles. The molecular formula is C24H37N3O6. The molecule has 0 aliphatic carbocycles. The summed E-state index contributed by atoms with van der Waals surface area (Å²) in [7, 11) is 0. The van der Waals surface area contributed by atoms with Gasteiger partial charge >= 0.3 is 12.1 Å². The fourth-order valence-electron chi connectivity index (χ4n) is 2.85. The van der Waals surface area contributed by atoms with E-state index in [2.05, 4.69) is 16.0 Å². The minimum Gasteiger partial charge on any atom is -0.459 e. The summed E-state index contributed by atoms with van der Waals surface area (Å²) in [6, 6.07) is 7.36. The zero-order valence-corrected chi connectivity index (χ0v) is 20.6. The van der Waals surface area contributed by atoms with Crippen molar-refractivity contribution in [3.05, 3.63) is 35.9 Å². The quantitative estimate of drug-likeness (QED) is 0.458. The van der Waals surface area contributed by atoms with Gasteiger partial charge in [0.05, 0.1) is 0 Å². The molecule has 9 heteroatoms. The summed E-state index contributed by atoms with van der Waals surface area (Å²) < 4.78 is 10.4. The molecule has 0 aromatic heterocycles. The fourth-order valence-corrected chi connectivity index (χ4v) is 2.85. The van der Waals surface area contributed by atoms with Gasteiger partial charge in [-0.1, -0.05) is 58.0 Å². The van der Waals surface area contributed by atoms with Gasteiger partial charge in [-0.25, -0.2) is 4.79 Å². The summed E-state index contributed by atoms with van der Waals surface area (Å²) in [5.41, 5.74) is 0.151. The van der Waals surface area contributed by atoms with Crippen molar-refractivity contribution in [3.8, 4) is 0 Å². The fraction of sp³-hybridized carbons (Fsp3) is 0.583. The molecule has 1 aromatic rings. The van der Waals surface area contributed by atoms with E-state index in [1.54, 1.807) is 48.5 Å². The van der Waals surface area contributed by atoms with Gasteiger partial charge in [0, 0.05) is 0 Å². The Balaban J connectivity index is 2.69. The van der Waals surface area contributed by atoms with Crippen LogP contribution in [0.1, 0.15) is 54.0 Å². The SMILES string of the molecule is CC(C)C(NC(=O)[C@@H](NC(=O)OCc1ccccc1)C(C)C)C(=O)NCC(=O)OC(C)(C)C. The van der Waals surface area contributed by atoms with Gasteiger partial charge in [0.2, 0.25) is 11.8 Å². The van der Waals surface area contributed by atoms with Gasteiger partial charge in [0.25, 0.3) is 0 Å². The number of hydrogen-bond donors (Lipinski definition) is 3. The highest BCUT2D eigenvalue weighted by Gasteiger charge is 2.31. The Morgan fingerprint density at radius 1 is 0.848 bits per heavy atom. The average Bonchev–Trinajstić information content (AvgIpc) is 2.71. The monoisotopic (exact) mass is 463 g/mol. The lowest BCUT2D eigenvalue weighted by Crippen LogP contribution is -2.57. The van der Waals surface area contributed by atoms with Gasteiger partial charge in [-0.05, 0) is 38.2 Å². The summed E-state index contributed by atoms with van der Waals surface area (Å²) in [4.78, 5) is 49.6. The number of esters is 1. The number of carbonyl (C=O) groups excluding carboxylic acids is 4. The number of carbonyl (C=O) groups is 4. The predicted molar refractivity (Wildman–Crippen MR) is 124 cm³/mol. The first-order valence-corrected chi connectivity index (χ1v) is 11.1. The van der Waals surface area contributed by atoms with E-state index in [1.165, 1.54) is 0 Å². The van der Waals surface area contributed by atoms with Crippen LogP contribution in [0.3, 0.4) is 0 Å². The first kappa shape index (κ1) is 27.9. The highest BCUT2D eigenvalue weighted by molar-refractivity contribution is 5.92. The van der Waals surface area contributed by atoms with Crippen LogP contribution in [-0.4, -0.2) is 48.1 Å². The van der Waals surface area contributed by atoms with E-state index in [4.69, 9.17) is 9.47 Å². The number of alkyl carbamates (subject to hydrolysis) is 1. The molecular weight excluding hydrogens is 426 g/mol. The maximum absolute atomic E-state index is 12.9. The second-order valence-corrected chi connectivity index (χ2v) is 9.46. The second kappa shape index (κ2) is 12.8. The molecule has 0 heterocycles. The Morgan fingerprint density at radius 2 is 1.39 bits per heavy atom. The van der Waals surface area contributed by atoms with Crippen LogP contribution < -0.4 is 16.0 Å². The van der Waals surface area contributed by atoms with Crippen molar-refractivity contribution in [3.63, 3.8) is 0 Å². The minimum absolute atomic E-state index is 0.0702. The number of hydrogen-bond acceptors (Lipinski definition) is 6. The summed E-state index contributed by atoms with van der Waals surface area (Å²) >= 11 is 0. The van der Waals surface area contributed by atoms with Gasteiger partial charge in [-0.15, -0.1) is 0 Å². The maximum atomic E-state index is 12.9. The van der Waals surface area contributed by atoms with Crippen LogP contribution in [0.15, 0.2) is 30.3 Å². The molecule has 184 valence electrons. The Kier molecular flexibility index (Phi) is 10.8. The van der Waals surface area contributed by atoms with Gasteiger partial charge in [-0.2, -0.15) is 0 Å². The summed E-state index contributed by atoms with van der Waals surface area (Å²) in [6.07, 6.45) is -0.733. The van der Waals surface area contributed by atoms with Crippen molar-refractivity contribution < 1.29 is 28.7 Å². The molecule has 0 aliphatic rings. The lowest BCUT2D eigenvalue weighted by Gasteiger charge is -2.27. The molecule has 9 nitrogen and oxygen atoms in total. The molecule has 3 N–H and O–H groups in total. The number of benzene rings is 1. The first-order valence-electron chi connectivity index (χ1n) is 11.1. The highest BCUT2D eigenvalue weighted by atomic mass is 16.6. The molecule has 1 aromatic carbocycles. The molecule has 0 fully saturated rings. The van der Waals surface area contributed by atoms with Gasteiger partial charge in [0.1, 0.15) is 30.8 Å². The Bertz CT molecular complexity index is 802. The van der Waals surface area contributed by atoms with Crippen LogP contribution >= 0.6 is 0 Å². The van der Waals surface area contributed by atoms with E-state index in [0.717, 1.165) is 5.56 Å². The summed E-state index contributed by atoms with van der Waals surface area (Å²) in [5.74, 6) is -2.13. The third-order valence-corrected chi connectivity index (χ3v) is 4.51. The molecule has 0 saturated heterocycles. The van der Waals surface area contributed by atoms with Crippen molar-refractivity contribution >= 4 is 23.9 Å². The molecule has 1 rings (SSSR count). The molecule has 1 unspecified atom stereocenters. The number of amides is 3. The first-order chi connectivity index (χ1) is 15.3. The van der Waals surface area contributed by atoms with E-state index in [9.17, 15) is 19.2 Å². The summed E-state index contributed by atoms with van der Waals surface area (Å²) in [6.45, 7) is 12.0. The van der Waals surface area contributed by atoms with E-state index in [1.807, 2.05) is 30.3 Å². The molecule has 2 atom stereocenters. The maximum Gasteiger partial charge on any atom is 0.408 e. The number of nitrogens with one attached hydrogen (secondary N) is 3. The van der Waals surface area contributed by atoms with Gasteiger partial charge < -0.3 is 25.4 Å². The molecule has 0 spiro atoms. The van der Waals surface area contributed by atoms with Gasteiger partial charge in [0.15, 0.2) is 0 Å². The zero-order valence-electron chi connectivity index (χ0n) is 20.6. The standard InChI is InChI=1S/C24H37N3O6/c1-15(2)19(21(29)25-13-18(28)33-24(5,6)7)26-22(30)20(16(3)4)27-23(31)32-14-17-11-9-8-10-12-17/h8-12,15-16,19-20H,13-14H2,1-7H3,(H,25,29)(H,26,30)(H,27,31)/t19?,20-/m0/s1. The van der Waals surface area contributed by atoms with Crippen LogP contribution in [0.4, 0.5) is 4.79 Å². The number of rotatable bonds is 10. The van der Waals surface area contributed by atoms with Crippen molar-refractivity contribution in [2.45, 2.75) is 72.8 Å². The molecule has 0 aliphatic heterocycles.